The summed E-state index contributed by atoms with van der Waals surface area (Å²) in [7, 11) is 0. The molecule has 0 aromatic rings. The number of ketones is 2. The molecule has 102 valence electrons. The van der Waals surface area contributed by atoms with Crippen LogP contribution in [0.15, 0.2) is 4.99 Å². The fourth-order valence-corrected chi connectivity index (χ4v) is 2.62. The van der Waals surface area contributed by atoms with Crippen LogP contribution in [-0.4, -0.2) is 23.3 Å². The molecule has 0 heterocycles. The van der Waals surface area contributed by atoms with Gasteiger partial charge in [-0.3, -0.25) is 14.6 Å². The molecule has 1 aliphatic rings. The summed E-state index contributed by atoms with van der Waals surface area (Å²) >= 11 is 0. The molecule has 1 saturated carbocycles. The van der Waals surface area contributed by atoms with Crippen LogP contribution in [0.2, 0.25) is 0 Å². The van der Waals surface area contributed by atoms with Gasteiger partial charge in [-0.05, 0) is 32.1 Å². The zero-order chi connectivity index (χ0) is 13.9. The second-order valence-corrected chi connectivity index (χ2v) is 6.35. The van der Waals surface area contributed by atoms with E-state index < -0.39 is 5.92 Å². The van der Waals surface area contributed by atoms with Gasteiger partial charge in [-0.1, -0.05) is 20.8 Å². The molecule has 1 aliphatic carbocycles. The maximum absolute atomic E-state index is 12.2. The molecule has 0 aliphatic heterocycles. The van der Waals surface area contributed by atoms with Crippen LogP contribution in [0.5, 0.6) is 0 Å². The van der Waals surface area contributed by atoms with Crippen molar-refractivity contribution < 1.29 is 9.59 Å². The molecular formula is C15H25NO2. The summed E-state index contributed by atoms with van der Waals surface area (Å²) in [4.78, 5) is 28.9. The molecule has 1 atom stereocenters. The predicted octanol–water partition coefficient (Wildman–Crippen LogP) is 3.21. The normalized spacial score (nSPS) is 25.8. The lowest BCUT2D eigenvalue weighted by Crippen LogP contribution is -2.42. The van der Waals surface area contributed by atoms with Crippen LogP contribution in [0.3, 0.4) is 0 Å². The predicted molar refractivity (Wildman–Crippen MR) is 74.0 cm³/mol. The maximum atomic E-state index is 12.2. The van der Waals surface area contributed by atoms with Crippen molar-refractivity contribution in [1.29, 1.82) is 0 Å². The first-order valence-corrected chi connectivity index (χ1v) is 6.89. The zero-order valence-corrected chi connectivity index (χ0v) is 12.2. The molecule has 18 heavy (non-hydrogen) atoms. The summed E-state index contributed by atoms with van der Waals surface area (Å²) in [6, 6.07) is 0.138. The van der Waals surface area contributed by atoms with E-state index in [2.05, 4.69) is 18.8 Å². The van der Waals surface area contributed by atoms with Gasteiger partial charge < -0.3 is 0 Å². The second-order valence-electron chi connectivity index (χ2n) is 6.35. The van der Waals surface area contributed by atoms with E-state index in [9.17, 15) is 9.59 Å². The van der Waals surface area contributed by atoms with Crippen molar-refractivity contribution in [3.05, 3.63) is 0 Å². The van der Waals surface area contributed by atoms with Gasteiger partial charge >= 0.3 is 0 Å². The number of nitrogens with zero attached hydrogens (tertiary/aromatic N) is 1. The first kappa shape index (κ1) is 15.1. The van der Waals surface area contributed by atoms with Gasteiger partial charge in [0, 0.05) is 24.6 Å². The summed E-state index contributed by atoms with van der Waals surface area (Å²) < 4.78 is 0. The third kappa shape index (κ3) is 3.76. The summed E-state index contributed by atoms with van der Waals surface area (Å²) in [5, 5.41) is 0. The fraction of sp³-hybridized carbons (Fsp3) is 0.800. The Kier molecular flexibility index (Phi) is 4.83. The van der Waals surface area contributed by atoms with Gasteiger partial charge in [0.25, 0.3) is 0 Å². The summed E-state index contributed by atoms with van der Waals surface area (Å²) in [5.41, 5.74) is 0.748. The van der Waals surface area contributed by atoms with E-state index in [0.29, 0.717) is 12.8 Å². The van der Waals surface area contributed by atoms with Gasteiger partial charge in [-0.15, -0.1) is 0 Å². The van der Waals surface area contributed by atoms with E-state index >= 15 is 0 Å². The largest absolute Gasteiger partial charge is 0.298 e. The minimum atomic E-state index is -0.555. The van der Waals surface area contributed by atoms with Crippen LogP contribution in [0.1, 0.15) is 60.3 Å². The molecular weight excluding hydrogens is 226 g/mol. The number of hydrogen-bond acceptors (Lipinski definition) is 3. The van der Waals surface area contributed by atoms with Crippen molar-refractivity contribution in [2.75, 3.05) is 0 Å². The van der Waals surface area contributed by atoms with Crippen LogP contribution in [0.4, 0.5) is 0 Å². The molecule has 1 rings (SSSR count). The molecule has 0 N–H and O–H groups in total. The second kappa shape index (κ2) is 5.77. The van der Waals surface area contributed by atoms with Crippen molar-refractivity contribution in [3.63, 3.8) is 0 Å². The molecule has 0 aromatic heterocycles. The van der Waals surface area contributed by atoms with Gasteiger partial charge in [0.15, 0.2) is 0 Å². The topological polar surface area (TPSA) is 46.5 Å². The third-order valence-corrected chi connectivity index (χ3v) is 3.21. The van der Waals surface area contributed by atoms with E-state index in [-0.39, 0.29) is 23.0 Å². The van der Waals surface area contributed by atoms with Crippen LogP contribution < -0.4 is 0 Å². The number of rotatable bonds is 4. The molecule has 0 spiro atoms. The molecule has 0 bridgehead atoms. The first-order valence-electron chi connectivity index (χ1n) is 6.89. The SMILES string of the molecule is CCCC(=O)[C@@H]1C(=O)CC(C)(C)CC1=NC(C)C. The monoisotopic (exact) mass is 251 g/mol. The molecule has 0 saturated heterocycles. The van der Waals surface area contributed by atoms with Crippen LogP contribution in [-0.2, 0) is 9.59 Å². The third-order valence-electron chi connectivity index (χ3n) is 3.21. The van der Waals surface area contributed by atoms with Crippen molar-refractivity contribution in [1.82, 2.24) is 0 Å². The number of carbonyl (C=O) groups excluding carboxylic acids is 2. The molecule has 0 unspecified atom stereocenters. The Morgan fingerprint density at radius 2 is 2.00 bits per heavy atom. The molecule has 0 radical (unpaired) electrons. The molecule has 3 heteroatoms. The highest BCUT2D eigenvalue weighted by molar-refractivity contribution is 6.22. The number of carbonyl (C=O) groups is 2. The molecule has 3 nitrogen and oxygen atoms in total. The minimum absolute atomic E-state index is 0.0531. The van der Waals surface area contributed by atoms with Crippen molar-refractivity contribution in [2.45, 2.75) is 66.3 Å². The number of hydrogen-bond donors (Lipinski definition) is 0. The Bertz CT molecular complexity index is 367. The first-order chi connectivity index (χ1) is 8.26. The highest BCUT2D eigenvalue weighted by Crippen LogP contribution is 2.35. The van der Waals surface area contributed by atoms with Gasteiger partial charge in [0.05, 0.1) is 0 Å². The lowest BCUT2D eigenvalue weighted by atomic mass is 9.69. The minimum Gasteiger partial charge on any atom is -0.298 e. The highest BCUT2D eigenvalue weighted by atomic mass is 16.2. The van der Waals surface area contributed by atoms with Crippen molar-refractivity contribution in [2.24, 2.45) is 16.3 Å². The summed E-state index contributed by atoms with van der Waals surface area (Å²) in [6.45, 7) is 10.1. The van der Waals surface area contributed by atoms with Crippen LogP contribution in [0, 0.1) is 11.3 Å². The highest BCUT2D eigenvalue weighted by Gasteiger charge is 2.41. The number of Topliss-reactive ketones (excluding diaryl/α,β-unsaturated/α-hetero) is 2. The Balaban J connectivity index is 3.04. The Morgan fingerprint density at radius 1 is 1.39 bits per heavy atom. The van der Waals surface area contributed by atoms with Crippen LogP contribution in [0.25, 0.3) is 0 Å². The standard InChI is InChI=1S/C15H25NO2/c1-6-7-12(17)14-11(16-10(2)3)8-15(4,5)9-13(14)18/h10,14H,6-9H2,1-5H3/t14-/m1/s1. The zero-order valence-electron chi connectivity index (χ0n) is 12.2. The lowest BCUT2D eigenvalue weighted by molar-refractivity contribution is -0.132. The van der Waals surface area contributed by atoms with Crippen molar-refractivity contribution in [3.8, 4) is 0 Å². The van der Waals surface area contributed by atoms with E-state index in [4.69, 9.17) is 0 Å². The maximum Gasteiger partial charge on any atom is 0.149 e. The molecule has 0 aromatic carbocycles. The Hall–Kier alpha value is -0.990. The summed E-state index contributed by atoms with van der Waals surface area (Å²) in [6.07, 6.45) is 2.52. The summed E-state index contributed by atoms with van der Waals surface area (Å²) in [5.74, 6) is -0.443. The fourth-order valence-electron chi connectivity index (χ4n) is 2.62. The van der Waals surface area contributed by atoms with Gasteiger partial charge in [-0.25, -0.2) is 0 Å². The Labute approximate surface area is 110 Å². The van der Waals surface area contributed by atoms with E-state index in [0.717, 1.165) is 18.6 Å². The smallest absolute Gasteiger partial charge is 0.149 e. The molecule has 0 amide bonds. The Morgan fingerprint density at radius 3 is 2.50 bits per heavy atom. The van der Waals surface area contributed by atoms with Crippen LogP contribution >= 0.6 is 0 Å². The van der Waals surface area contributed by atoms with E-state index in [1.54, 1.807) is 0 Å². The lowest BCUT2D eigenvalue weighted by Gasteiger charge is -2.34. The van der Waals surface area contributed by atoms with Crippen molar-refractivity contribution >= 4 is 17.3 Å². The number of aliphatic imine (C=N–C) groups is 1. The van der Waals surface area contributed by atoms with Gasteiger partial charge in [0.2, 0.25) is 0 Å². The van der Waals surface area contributed by atoms with E-state index in [1.807, 2.05) is 20.8 Å². The quantitative estimate of drug-likeness (QED) is 0.720. The van der Waals surface area contributed by atoms with E-state index in [1.165, 1.54) is 0 Å². The molecule has 1 fully saturated rings. The van der Waals surface area contributed by atoms with Gasteiger partial charge in [-0.2, -0.15) is 0 Å². The average molecular weight is 251 g/mol. The average Bonchev–Trinajstić information content (AvgIpc) is 2.13. The van der Waals surface area contributed by atoms with Gasteiger partial charge in [0.1, 0.15) is 17.5 Å².